The molecule has 1 unspecified atom stereocenters. The zero-order chi connectivity index (χ0) is 10.3. The molecule has 1 aliphatic carbocycles. The predicted octanol–water partition coefficient (Wildman–Crippen LogP) is 2.22. The third-order valence-electron chi connectivity index (χ3n) is 2.86. The summed E-state index contributed by atoms with van der Waals surface area (Å²) in [7, 11) is 0. The van der Waals surface area contributed by atoms with E-state index in [4.69, 9.17) is 0 Å². The molecule has 0 aromatic rings. The molecule has 13 heavy (non-hydrogen) atoms. The Morgan fingerprint density at radius 3 is 2.31 bits per heavy atom. The molecular weight excluding hydrogens is 164 g/mol. The van der Waals surface area contributed by atoms with Gasteiger partial charge in [-0.1, -0.05) is 27.7 Å². The monoisotopic (exact) mass is 182 g/mol. The molecule has 0 bridgehead atoms. The third-order valence-corrected chi connectivity index (χ3v) is 2.86. The summed E-state index contributed by atoms with van der Waals surface area (Å²) in [6.45, 7) is 8.12. The van der Waals surface area contributed by atoms with Crippen molar-refractivity contribution < 1.29 is 9.59 Å². The second kappa shape index (κ2) is 2.93. The van der Waals surface area contributed by atoms with Gasteiger partial charge in [0.2, 0.25) is 0 Å². The molecule has 74 valence electrons. The minimum Gasteiger partial charge on any atom is -0.303 e. The predicted molar refractivity (Wildman–Crippen MR) is 51.4 cm³/mol. The number of carbonyl (C=O) groups is 2. The Morgan fingerprint density at radius 1 is 1.31 bits per heavy atom. The van der Waals surface area contributed by atoms with Crippen LogP contribution >= 0.6 is 0 Å². The number of aldehydes is 1. The van der Waals surface area contributed by atoms with Crippen LogP contribution in [0.4, 0.5) is 0 Å². The Bertz CT molecular complexity index is 238. The van der Waals surface area contributed by atoms with Crippen LogP contribution in [0.3, 0.4) is 0 Å². The number of ketones is 1. The number of hydrogen-bond acceptors (Lipinski definition) is 2. The van der Waals surface area contributed by atoms with Crippen molar-refractivity contribution in [3.63, 3.8) is 0 Å². The molecular formula is C11H18O2. The fraction of sp³-hybridized carbons (Fsp3) is 0.818. The van der Waals surface area contributed by atoms with Gasteiger partial charge in [0.25, 0.3) is 0 Å². The van der Waals surface area contributed by atoms with Crippen LogP contribution in [0, 0.1) is 16.7 Å². The first kappa shape index (κ1) is 10.4. The van der Waals surface area contributed by atoms with Gasteiger partial charge < -0.3 is 4.79 Å². The van der Waals surface area contributed by atoms with Gasteiger partial charge >= 0.3 is 0 Å². The van der Waals surface area contributed by atoms with Gasteiger partial charge in [0.05, 0.1) is 5.92 Å². The third kappa shape index (κ3) is 1.98. The number of Topliss-reactive ketones (excluding diaryl/α,β-unsaturated/α-hetero) is 1. The number of hydrogen-bond donors (Lipinski definition) is 0. The summed E-state index contributed by atoms with van der Waals surface area (Å²) in [4.78, 5) is 22.5. The van der Waals surface area contributed by atoms with Crippen molar-refractivity contribution in [2.45, 2.75) is 40.5 Å². The highest BCUT2D eigenvalue weighted by molar-refractivity contribution is 5.97. The molecule has 1 saturated carbocycles. The molecule has 1 aliphatic rings. The first-order valence-electron chi connectivity index (χ1n) is 4.78. The molecule has 0 amide bonds. The van der Waals surface area contributed by atoms with Crippen molar-refractivity contribution in [2.24, 2.45) is 16.7 Å². The van der Waals surface area contributed by atoms with Crippen molar-refractivity contribution in [3.8, 4) is 0 Å². The van der Waals surface area contributed by atoms with Gasteiger partial charge in [-0.2, -0.15) is 0 Å². The quantitative estimate of drug-likeness (QED) is 0.460. The summed E-state index contributed by atoms with van der Waals surface area (Å²) in [5, 5.41) is 0. The van der Waals surface area contributed by atoms with Crippen molar-refractivity contribution in [1.29, 1.82) is 0 Å². The Balaban J connectivity index is 2.94. The lowest BCUT2D eigenvalue weighted by Gasteiger charge is -2.41. The lowest BCUT2D eigenvalue weighted by molar-refractivity contribution is -0.141. The molecule has 2 nitrogen and oxygen atoms in total. The average molecular weight is 182 g/mol. The topological polar surface area (TPSA) is 34.1 Å². The van der Waals surface area contributed by atoms with E-state index in [1.165, 1.54) is 0 Å². The molecule has 0 spiro atoms. The van der Waals surface area contributed by atoms with Gasteiger partial charge in [0.1, 0.15) is 12.1 Å². The highest BCUT2D eigenvalue weighted by Gasteiger charge is 2.44. The van der Waals surface area contributed by atoms with E-state index in [2.05, 4.69) is 13.8 Å². The number of rotatable bonds is 1. The van der Waals surface area contributed by atoms with E-state index < -0.39 is 0 Å². The first-order valence-corrected chi connectivity index (χ1v) is 4.78. The average Bonchev–Trinajstić information content (AvgIpc) is 1.95. The highest BCUT2D eigenvalue weighted by Crippen LogP contribution is 2.45. The Labute approximate surface area is 79.7 Å². The van der Waals surface area contributed by atoms with Gasteiger partial charge in [-0.25, -0.2) is 0 Å². The zero-order valence-corrected chi connectivity index (χ0v) is 8.89. The lowest BCUT2D eigenvalue weighted by Crippen LogP contribution is -2.43. The fourth-order valence-corrected chi connectivity index (χ4v) is 2.66. The van der Waals surface area contributed by atoms with Crippen LogP contribution < -0.4 is 0 Å². The normalized spacial score (nSPS) is 31.4. The molecule has 2 heteroatoms. The first-order chi connectivity index (χ1) is 5.78. The molecule has 1 atom stereocenters. The van der Waals surface area contributed by atoms with Crippen molar-refractivity contribution in [3.05, 3.63) is 0 Å². The standard InChI is InChI=1S/C11H18O2/c1-10(2)5-8(6-12)9(13)11(3,4)7-10/h6,8H,5,7H2,1-4H3. The summed E-state index contributed by atoms with van der Waals surface area (Å²) in [6.07, 6.45) is 2.40. The highest BCUT2D eigenvalue weighted by atomic mass is 16.1. The van der Waals surface area contributed by atoms with Gasteiger partial charge in [0.15, 0.2) is 0 Å². The summed E-state index contributed by atoms with van der Waals surface area (Å²) in [6, 6.07) is 0. The lowest BCUT2D eigenvalue weighted by atomic mass is 9.61. The van der Waals surface area contributed by atoms with Crippen molar-refractivity contribution in [2.75, 3.05) is 0 Å². The molecule has 0 saturated heterocycles. The fourth-order valence-electron chi connectivity index (χ4n) is 2.66. The number of carbonyl (C=O) groups excluding carboxylic acids is 2. The molecule has 0 aromatic carbocycles. The summed E-state index contributed by atoms with van der Waals surface area (Å²) in [5.74, 6) is -0.263. The summed E-state index contributed by atoms with van der Waals surface area (Å²) >= 11 is 0. The van der Waals surface area contributed by atoms with Crippen LogP contribution in [0.5, 0.6) is 0 Å². The Hall–Kier alpha value is -0.660. The molecule has 0 heterocycles. The van der Waals surface area contributed by atoms with Crippen LogP contribution in [-0.2, 0) is 9.59 Å². The largest absolute Gasteiger partial charge is 0.303 e. The van der Waals surface area contributed by atoms with Crippen molar-refractivity contribution >= 4 is 12.1 Å². The molecule has 0 aliphatic heterocycles. The second-order valence-corrected chi connectivity index (χ2v) is 5.54. The second-order valence-electron chi connectivity index (χ2n) is 5.54. The maximum absolute atomic E-state index is 11.7. The van der Waals surface area contributed by atoms with E-state index in [0.29, 0.717) is 6.42 Å². The minimum atomic E-state index is -0.376. The van der Waals surface area contributed by atoms with E-state index in [9.17, 15) is 9.59 Å². The van der Waals surface area contributed by atoms with E-state index in [-0.39, 0.29) is 22.5 Å². The summed E-state index contributed by atoms with van der Waals surface area (Å²) < 4.78 is 0. The van der Waals surface area contributed by atoms with Gasteiger partial charge in [-0.3, -0.25) is 4.79 Å². The van der Waals surface area contributed by atoms with E-state index in [1.54, 1.807) is 0 Å². The van der Waals surface area contributed by atoms with E-state index in [1.807, 2.05) is 13.8 Å². The van der Waals surface area contributed by atoms with Gasteiger partial charge in [-0.05, 0) is 18.3 Å². The molecule has 1 fully saturated rings. The van der Waals surface area contributed by atoms with E-state index >= 15 is 0 Å². The minimum absolute atomic E-state index is 0.113. The van der Waals surface area contributed by atoms with Crippen LogP contribution in [0.2, 0.25) is 0 Å². The Morgan fingerprint density at radius 2 is 1.85 bits per heavy atom. The molecule has 0 radical (unpaired) electrons. The SMILES string of the molecule is CC1(C)CC(C=O)C(=O)C(C)(C)C1. The smallest absolute Gasteiger partial charge is 0.148 e. The van der Waals surface area contributed by atoms with Gasteiger partial charge in [0, 0.05) is 5.41 Å². The van der Waals surface area contributed by atoms with E-state index in [0.717, 1.165) is 12.7 Å². The van der Waals surface area contributed by atoms with Crippen LogP contribution in [0.1, 0.15) is 40.5 Å². The van der Waals surface area contributed by atoms with Crippen LogP contribution in [0.25, 0.3) is 0 Å². The Kier molecular flexibility index (Phi) is 2.35. The maximum Gasteiger partial charge on any atom is 0.148 e. The maximum atomic E-state index is 11.7. The zero-order valence-electron chi connectivity index (χ0n) is 8.89. The summed E-state index contributed by atoms with van der Waals surface area (Å²) in [5.41, 5.74) is -0.212. The van der Waals surface area contributed by atoms with Crippen molar-refractivity contribution in [1.82, 2.24) is 0 Å². The van der Waals surface area contributed by atoms with Gasteiger partial charge in [-0.15, -0.1) is 0 Å². The van der Waals surface area contributed by atoms with Crippen LogP contribution in [0.15, 0.2) is 0 Å². The molecule has 0 N–H and O–H groups in total. The van der Waals surface area contributed by atoms with Crippen LogP contribution in [-0.4, -0.2) is 12.1 Å². The molecule has 1 rings (SSSR count). The molecule has 0 aromatic heterocycles.